The predicted octanol–water partition coefficient (Wildman–Crippen LogP) is 4.43. The third-order valence-corrected chi connectivity index (χ3v) is 5.45. The average molecular weight is 434 g/mol. The second-order valence-electron chi connectivity index (χ2n) is 5.42. The van der Waals surface area contributed by atoms with Crippen LogP contribution in [0.2, 0.25) is 0 Å². The number of ether oxygens (including phenoxy) is 3. The van der Waals surface area contributed by atoms with E-state index in [0.29, 0.717) is 27.8 Å². The summed E-state index contributed by atoms with van der Waals surface area (Å²) in [5.74, 6) is 1.30. The van der Waals surface area contributed by atoms with Gasteiger partial charge in [-0.1, -0.05) is 28.1 Å². The summed E-state index contributed by atoms with van der Waals surface area (Å²) in [6.07, 6.45) is 1.66. The number of thioether (sulfide) groups is 1. The highest BCUT2D eigenvalue weighted by atomic mass is 79.9. The van der Waals surface area contributed by atoms with Crippen LogP contribution >= 0.6 is 27.7 Å². The Morgan fingerprint density at radius 2 is 1.92 bits per heavy atom. The Hall–Kier alpha value is -2.45. The lowest BCUT2D eigenvalue weighted by Crippen LogP contribution is -2.28. The number of carbonyl (C=O) groups excluding carboxylic acids is 2. The molecule has 0 radical (unpaired) electrons. The van der Waals surface area contributed by atoms with Gasteiger partial charge in [-0.05, 0) is 47.7 Å². The average Bonchev–Trinajstić information content (AvgIpc) is 3.19. The van der Waals surface area contributed by atoms with Crippen LogP contribution < -0.4 is 19.1 Å². The van der Waals surface area contributed by atoms with E-state index >= 15 is 0 Å². The van der Waals surface area contributed by atoms with E-state index in [9.17, 15) is 9.59 Å². The Kier molecular flexibility index (Phi) is 4.37. The first-order valence-corrected chi connectivity index (χ1v) is 9.19. The SMILES string of the molecule is COc1ccccc1N1C(=O)S/C(=C\c2cc3c(cc2Br)OCO3)C1=O. The maximum atomic E-state index is 12.8. The number of hydrogen-bond donors (Lipinski definition) is 0. The minimum absolute atomic E-state index is 0.162. The second kappa shape index (κ2) is 6.69. The monoisotopic (exact) mass is 433 g/mol. The zero-order valence-corrected chi connectivity index (χ0v) is 15.9. The number of methoxy groups -OCH3 is 1. The smallest absolute Gasteiger partial charge is 0.298 e. The van der Waals surface area contributed by atoms with E-state index in [1.54, 1.807) is 42.5 Å². The summed E-state index contributed by atoms with van der Waals surface area (Å²) in [6.45, 7) is 0.162. The molecule has 2 amide bonds. The molecule has 0 atom stereocenters. The molecule has 8 heteroatoms. The van der Waals surface area contributed by atoms with E-state index in [-0.39, 0.29) is 12.0 Å². The number of imide groups is 1. The van der Waals surface area contributed by atoms with Gasteiger partial charge in [0.15, 0.2) is 11.5 Å². The molecule has 2 aliphatic rings. The van der Waals surface area contributed by atoms with Crippen molar-refractivity contribution in [2.75, 3.05) is 18.8 Å². The summed E-state index contributed by atoms with van der Waals surface area (Å²) < 4.78 is 16.7. The molecule has 0 saturated carbocycles. The van der Waals surface area contributed by atoms with Gasteiger partial charge in [0.2, 0.25) is 6.79 Å². The molecule has 2 aromatic carbocycles. The molecule has 2 aliphatic heterocycles. The number of nitrogens with zero attached hydrogens (tertiary/aromatic N) is 1. The van der Waals surface area contributed by atoms with Crippen LogP contribution in [0.25, 0.3) is 6.08 Å². The Balaban J connectivity index is 1.71. The standard InChI is InChI=1S/C18H12BrNO5S/c1-23-13-5-3-2-4-12(13)20-17(21)16(26-18(20)22)7-10-6-14-15(8-11(10)19)25-9-24-14/h2-8H,9H2,1H3/b16-7-. The Morgan fingerprint density at radius 3 is 2.69 bits per heavy atom. The fourth-order valence-electron chi connectivity index (χ4n) is 2.67. The molecule has 0 aliphatic carbocycles. The van der Waals surface area contributed by atoms with Gasteiger partial charge in [-0.3, -0.25) is 9.59 Å². The molecule has 132 valence electrons. The zero-order valence-electron chi connectivity index (χ0n) is 13.5. The van der Waals surface area contributed by atoms with Gasteiger partial charge >= 0.3 is 0 Å². The van der Waals surface area contributed by atoms with Crippen LogP contribution in [0.15, 0.2) is 45.8 Å². The summed E-state index contributed by atoms with van der Waals surface area (Å²) in [4.78, 5) is 26.7. The van der Waals surface area contributed by atoms with Crippen molar-refractivity contribution >= 4 is 50.6 Å². The van der Waals surface area contributed by atoms with Crippen molar-refractivity contribution in [1.29, 1.82) is 0 Å². The molecule has 0 aromatic heterocycles. The molecular formula is C18H12BrNO5S. The number of benzene rings is 2. The highest BCUT2D eigenvalue weighted by Crippen LogP contribution is 2.42. The second-order valence-corrected chi connectivity index (χ2v) is 7.26. The van der Waals surface area contributed by atoms with Crippen LogP contribution in [0, 0.1) is 0 Å². The summed E-state index contributed by atoms with van der Waals surface area (Å²) in [7, 11) is 1.50. The maximum absolute atomic E-state index is 12.8. The third kappa shape index (κ3) is 2.85. The summed E-state index contributed by atoms with van der Waals surface area (Å²) in [6, 6.07) is 10.5. The number of hydrogen-bond acceptors (Lipinski definition) is 6. The zero-order chi connectivity index (χ0) is 18.3. The molecule has 0 bridgehead atoms. The van der Waals surface area contributed by atoms with E-state index < -0.39 is 5.91 Å². The van der Waals surface area contributed by atoms with Crippen LogP contribution in [-0.2, 0) is 4.79 Å². The molecule has 0 N–H and O–H groups in total. The van der Waals surface area contributed by atoms with Gasteiger partial charge in [-0.15, -0.1) is 0 Å². The van der Waals surface area contributed by atoms with E-state index in [1.165, 1.54) is 7.11 Å². The van der Waals surface area contributed by atoms with Crippen molar-refractivity contribution in [2.45, 2.75) is 0 Å². The highest BCUT2D eigenvalue weighted by Gasteiger charge is 2.37. The minimum atomic E-state index is -0.394. The van der Waals surface area contributed by atoms with Gasteiger partial charge in [0.25, 0.3) is 11.1 Å². The fourth-order valence-corrected chi connectivity index (χ4v) is 3.94. The molecule has 4 rings (SSSR count). The van der Waals surface area contributed by atoms with Crippen molar-refractivity contribution in [3.05, 3.63) is 51.3 Å². The van der Waals surface area contributed by atoms with Gasteiger partial charge in [0, 0.05) is 4.47 Å². The first-order valence-electron chi connectivity index (χ1n) is 7.58. The number of para-hydroxylation sites is 2. The molecule has 0 spiro atoms. The fraction of sp³-hybridized carbons (Fsp3) is 0.111. The van der Waals surface area contributed by atoms with Crippen molar-refractivity contribution in [2.24, 2.45) is 0 Å². The number of carbonyl (C=O) groups is 2. The maximum Gasteiger partial charge on any atom is 0.298 e. The molecular weight excluding hydrogens is 422 g/mol. The van der Waals surface area contributed by atoms with Crippen molar-refractivity contribution < 1.29 is 23.8 Å². The van der Waals surface area contributed by atoms with E-state index in [1.807, 2.05) is 0 Å². The molecule has 26 heavy (non-hydrogen) atoms. The Morgan fingerprint density at radius 1 is 1.19 bits per heavy atom. The minimum Gasteiger partial charge on any atom is -0.495 e. The van der Waals surface area contributed by atoms with Gasteiger partial charge < -0.3 is 14.2 Å². The molecule has 0 unspecified atom stereocenters. The van der Waals surface area contributed by atoms with E-state index in [4.69, 9.17) is 14.2 Å². The molecule has 2 heterocycles. The summed E-state index contributed by atoms with van der Waals surface area (Å²) >= 11 is 4.34. The summed E-state index contributed by atoms with van der Waals surface area (Å²) in [5.41, 5.74) is 1.14. The number of fused-ring (bicyclic) bond motifs is 1. The number of halogens is 1. The Bertz CT molecular complexity index is 959. The van der Waals surface area contributed by atoms with Gasteiger partial charge in [-0.25, -0.2) is 4.90 Å². The lowest BCUT2D eigenvalue weighted by atomic mass is 10.2. The van der Waals surface area contributed by atoms with Crippen LogP contribution in [0.5, 0.6) is 17.2 Å². The largest absolute Gasteiger partial charge is 0.495 e. The number of rotatable bonds is 3. The van der Waals surface area contributed by atoms with Crippen LogP contribution in [0.4, 0.5) is 10.5 Å². The first kappa shape index (κ1) is 17.0. The Labute approximate surface area is 161 Å². The van der Waals surface area contributed by atoms with Crippen LogP contribution in [0.1, 0.15) is 5.56 Å². The number of anilines is 1. The molecule has 1 saturated heterocycles. The lowest BCUT2D eigenvalue weighted by molar-refractivity contribution is -0.113. The third-order valence-electron chi connectivity index (χ3n) is 3.90. The van der Waals surface area contributed by atoms with E-state index in [2.05, 4.69) is 15.9 Å². The quantitative estimate of drug-likeness (QED) is 0.667. The molecule has 1 fully saturated rings. The predicted molar refractivity (Wildman–Crippen MR) is 102 cm³/mol. The van der Waals surface area contributed by atoms with Crippen LogP contribution in [-0.4, -0.2) is 25.0 Å². The topological polar surface area (TPSA) is 65.1 Å². The highest BCUT2D eigenvalue weighted by molar-refractivity contribution is 9.10. The van der Waals surface area contributed by atoms with Gasteiger partial charge in [-0.2, -0.15) is 0 Å². The lowest BCUT2D eigenvalue weighted by Gasteiger charge is -2.15. The van der Waals surface area contributed by atoms with E-state index in [0.717, 1.165) is 26.7 Å². The van der Waals surface area contributed by atoms with Crippen molar-refractivity contribution in [3.63, 3.8) is 0 Å². The van der Waals surface area contributed by atoms with Crippen LogP contribution in [0.3, 0.4) is 0 Å². The number of amides is 2. The normalized spacial score (nSPS) is 17.3. The van der Waals surface area contributed by atoms with Crippen molar-refractivity contribution in [1.82, 2.24) is 0 Å². The molecule has 6 nitrogen and oxygen atoms in total. The van der Waals surface area contributed by atoms with Gasteiger partial charge in [0.1, 0.15) is 5.75 Å². The summed E-state index contributed by atoms with van der Waals surface area (Å²) in [5, 5.41) is -0.373. The first-order chi connectivity index (χ1) is 12.6. The van der Waals surface area contributed by atoms with Gasteiger partial charge in [0.05, 0.1) is 17.7 Å². The van der Waals surface area contributed by atoms with Crippen molar-refractivity contribution in [3.8, 4) is 17.2 Å². The molecule has 2 aromatic rings.